The minimum absolute atomic E-state index is 0.0475. The molecule has 1 atom stereocenters. The first-order chi connectivity index (χ1) is 17.3. The summed E-state index contributed by atoms with van der Waals surface area (Å²) in [6.07, 6.45) is 3.17. The van der Waals surface area contributed by atoms with Crippen molar-refractivity contribution in [3.05, 3.63) is 72.4 Å². The Balaban J connectivity index is 1.61. The summed E-state index contributed by atoms with van der Waals surface area (Å²) in [6.45, 7) is 5.02. The SMILES string of the molecule is CCOC(C)CCCNC(=O)c1cc(/N=N/c2ccc(S(=O)(=O)Nc3ccccn3)cc2)ccc1O. The topological polar surface area (TPSA) is 142 Å². The largest absolute Gasteiger partial charge is 0.507 e. The number of phenols is 1. The molecular formula is C25H29N5O5S. The third-order valence-corrected chi connectivity index (χ3v) is 6.45. The number of aromatic hydroxyl groups is 1. The van der Waals surface area contributed by atoms with Crippen LogP contribution >= 0.6 is 0 Å². The molecule has 36 heavy (non-hydrogen) atoms. The van der Waals surface area contributed by atoms with Gasteiger partial charge in [0.05, 0.1) is 27.9 Å². The highest BCUT2D eigenvalue weighted by atomic mass is 32.2. The number of anilines is 1. The van der Waals surface area contributed by atoms with Crippen LogP contribution in [0.5, 0.6) is 5.75 Å². The Morgan fingerprint density at radius 1 is 1.08 bits per heavy atom. The van der Waals surface area contributed by atoms with E-state index in [1.165, 1.54) is 48.7 Å². The average molecular weight is 512 g/mol. The summed E-state index contributed by atoms with van der Waals surface area (Å²) in [5, 5.41) is 21.1. The monoisotopic (exact) mass is 511 g/mol. The fourth-order valence-corrected chi connectivity index (χ4v) is 4.26. The van der Waals surface area contributed by atoms with Crippen LogP contribution < -0.4 is 10.0 Å². The van der Waals surface area contributed by atoms with E-state index in [0.29, 0.717) is 24.5 Å². The van der Waals surface area contributed by atoms with E-state index in [0.717, 1.165) is 12.8 Å². The molecule has 190 valence electrons. The molecule has 1 unspecified atom stereocenters. The maximum Gasteiger partial charge on any atom is 0.263 e. The average Bonchev–Trinajstić information content (AvgIpc) is 2.87. The van der Waals surface area contributed by atoms with E-state index in [-0.39, 0.29) is 28.1 Å². The van der Waals surface area contributed by atoms with Gasteiger partial charge in [-0.05, 0) is 81.3 Å². The maximum absolute atomic E-state index is 12.5. The zero-order valence-electron chi connectivity index (χ0n) is 20.1. The zero-order chi connectivity index (χ0) is 26.0. The molecular weight excluding hydrogens is 482 g/mol. The lowest BCUT2D eigenvalue weighted by Gasteiger charge is -2.12. The first-order valence-corrected chi connectivity index (χ1v) is 13.0. The first kappa shape index (κ1) is 26.8. The Labute approximate surface area is 210 Å². The maximum atomic E-state index is 12.5. The van der Waals surface area contributed by atoms with Gasteiger partial charge in [0.15, 0.2) is 0 Å². The number of phenolic OH excluding ortho intramolecular Hbond substituents is 1. The van der Waals surface area contributed by atoms with Gasteiger partial charge >= 0.3 is 0 Å². The molecule has 3 aromatic rings. The van der Waals surface area contributed by atoms with Crippen molar-refractivity contribution in [3.8, 4) is 5.75 Å². The van der Waals surface area contributed by atoms with Crippen LogP contribution in [-0.4, -0.2) is 43.7 Å². The summed E-state index contributed by atoms with van der Waals surface area (Å²) in [7, 11) is -3.80. The van der Waals surface area contributed by atoms with E-state index in [9.17, 15) is 18.3 Å². The molecule has 1 heterocycles. The van der Waals surface area contributed by atoms with Gasteiger partial charge < -0.3 is 15.2 Å². The van der Waals surface area contributed by atoms with Crippen LogP contribution in [0, 0.1) is 0 Å². The van der Waals surface area contributed by atoms with Gasteiger partial charge in [-0.3, -0.25) is 9.52 Å². The van der Waals surface area contributed by atoms with Crippen LogP contribution in [0.4, 0.5) is 17.2 Å². The molecule has 0 radical (unpaired) electrons. The van der Waals surface area contributed by atoms with Gasteiger partial charge in [-0.1, -0.05) is 6.07 Å². The summed E-state index contributed by atoms with van der Waals surface area (Å²) in [5.41, 5.74) is 0.858. The number of ether oxygens (including phenoxy) is 1. The molecule has 0 aliphatic rings. The third-order valence-electron chi connectivity index (χ3n) is 5.08. The molecule has 0 fully saturated rings. The molecule has 0 aliphatic carbocycles. The second kappa shape index (κ2) is 12.8. The van der Waals surface area contributed by atoms with Gasteiger partial charge in [0.1, 0.15) is 11.6 Å². The van der Waals surface area contributed by atoms with Crippen LogP contribution in [0.1, 0.15) is 37.0 Å². The van der Waals surface area contributed by atoms with E-state index in [1.54, 1.807) is 18.2 Å². The molecule has 10 nitrogen and oxygen atoms in total. The number of hydrogen-bond donors (Lipinski definition) is 3. The number of rotatable bonds is 12. The molecule has 11 heteroatoms. The van der Waals surface area contributed by atoms with Crippen LogP contribution in [0.3, 0.4) is 0 Å². The zero-order valence-corrected chi connectivity index (χ0v) is 20.9. The van der Waals surface area contributed by atoms with E-state index in [1.807, 2.05) is 13.8 Å². The molecule has 1 aromatic heterocycles. The Morgan fingerprint density at radius 3 is 2.50 bits per heavy atom. The molecule has 0 spiro atoms. The summed E-state index contributed by atoms with van der Waals surface area (Å²) in [5.74, 6) is -0.360. The van der Waals surface area contributed by atoms with Gasteiger partial charge in [-0.25, -0.2) is 13.4 Å². The van der Waals surface area contributed by atoms with Crippen molar-refractivity contribution in [1.82, 2.24) is 10.3 Å². The van der Waals surface area contributed by atoms with Crippen molar-refractivity contribution in [2.24, 2.45) is 10.2 Å². The lowest BCUT2D eigenvalue weighted by Crippen LogP contribution is -2.25. The molecule has 0 bridgehead atoms. The third kappa shape index (κ3) is 7.85. The van der Waals surface area contributed by atoms with Crippen LogP contribution in [0.2, 0.25) is 0 Å². The summed E-state index contributed by atoms with van der Waals surface area (Å²) < 4.78 is 32.9. The van der Waals surface area contributed by atoms with Crippen molar-refractivity contribution in [1.29, 1.82) is 0 Å². The number of benzene rings is 2. The Kier molecular flexibility index (Phi) is 9.48. The fourth-order valence-electron chi connectivity index (χ4n) is 3.25. The van der Waals surface area contributed by atoms with E-state index in [2.05, 4.69) is 25.3 Å². The predicted molar refractivity (Wildman–Crippen MR) is 136 cm³/mol. The standard InChI is InChI=1S/C25H29N5O5S/c1-3-35-18(2)7-6-16-27-25(32)22-17-20(11-14-23(22)31)29-28-19-9-12-21(13-10-19)36(33,34)30-24-8-4-5-15-26-24/h4-5,8-15,17-18,31H,3,6-7,16H2,1-2H3,(H,26,30)(H,27,32)/b29-28+. The summed E-state index contributed by atoms with van der Waals surface area (Å²) in [4.78, 5) is 16.5. The quantitative estimate of drug-likeness (QED) is 0.232. The number of nitrogens with zero attached hydrogens (tertiary/aromatic N) is 3. The number of sulfonamides is 1. The second-order valence-electron chi connectivity index (χ2n) is 7.88. The Hall–Kier alpha value is -3.83. The molecule has 0 saturated heterocycles. The number of carbonyl (C=O) groups is 1. The lowest BCUT2D eigenvalue weighted by atomic mass is 10.1. The number of hydrogen-bond acceptors (Lipinski definition) is 8. The molecule has 1 amide bonds. The van der Waals surface area contributed by atoms with E-state index < -0.39 is 15.9 Å². The highest BCUT2D eigenvalue weighted by Gasteiger charge is 2.15. The van der Waals surface area contributed by atoms with Gasteiger partial charge in [0.25, 0.3) is 15.9 Å². The fraction of sp³-hybridized carbons (Fsp3) is 0.280. The lowest BCUT2D eigenvalue weighted by molar-refractivity contribution is 0.0683. The number of carbonyl (C=O) groups excluding carboxylic acids is 1. The van der Waals surface area contributed by atoms with Gasteiger partial charge in [0.2, 0.25) is 0 Å². The molecule has 2 aromatic carbocycles. The molecule has 3 rings (SSSR count). The van der Waals surface area contributed by atoms with Crippen LogP contribution in [0.15, 0.2) is 82.0 Å². The highest BCUT2D eigenvalue weighted by molar-refractivity contribution is 7.92. The summed E-state index contributed by atoms with van der Waals surface area (Å²) >= 11 is 0. The van der Waals surface area contributed by atoms with E-state index >= 15 is 0 Å². The van der Waals surface area contributed by atoms with Crippen molar-refractivity contribution in [2.45, 2.75) is 37.7 Å². The number of amides is 1. The van der Waals surface area contributed by atoms with Gasteiger partial charge in [-0.2, -0.15) is 10.2 Å². The number of pyridine rings is 1. The first-order valence-electron chi connectivity index (χ1n) is 11.5. The van der Waals surface area contributed by atoms with Crippen molar-refractivity contribution >= 4 is 33.1 Å². The Morgan fingerprint density at radius 2 is 1.81 bits per heavy atom. The van der Waals surface area contributed by atoms with Crippen molar-refractivity contribution in [3.63, 3.8) is 0 Å². The predicted octanol–water partition coefficient (Wildman–Crippen LogP) is 4.94. The number of nitrogens with one attached hydrogen (secondary N) is 2. The van der Waals surface area contributed by atoms with Crippen molar-refractivity contribution < 1.29 is 23.1 Å². The smallest absolute Gasteiger partial charge is 0.263 e. The van der Waals surface area contributed by atoms with Crippen LogP contribution in [-0.2, 0) is 14.8 Å². The molecule has 0 aliphatic heterocycles. The van der Waals surface area contributed by atoms with Crippen molar-refractivity contribution in [2.75, 3.05) is 17.9 Å². The van der Waals surface area contributed by atoms with Crippen LogP contribution in [0.25, 0.3) is 0 Å². The molecule has 3 N–H and O–H groups in total. The minimum Gasteiger partial charge on any atom is -0.507 e. The Bertz CT molecular complexity index is 1280. The summed E-state index contributed by atoms with van der Waals surface area (Å²) in [6, 6.07) is 15.1. The van der Waals surface area contributed by atoms with Gasteiger partial charge in [0, 0.05) is 19.3 Å². The van der Waals surface area contributed by atoms with E-state index in [4.69, 9.17) is 4.74 Å². The number of azo groups is 1. The second-order valence-corrected chi connectivity index (χ2v) is 9.56. The minimum atomic E-state index is -3.80. The molecule has 0 saturated carbocycles. The van der Waals surface area contributed by atoms with Gasteiger partial charge in [-0.15, -0.1) is 0 Å². The normalized spacial score (nSPS) is 12.4. The highest BCUT2D eigenvalue weighted by Crippen LogP contribution is 2.26. The number of aromatic nitrogens is 1.